The predicted octanol–water partition coefficient (Wildman–Crippen LogP) is 0.302. The maximum atomic E-state index is 12.6. The highest BCUT2D eigenvalue weighted by atomic mass is 16.5. The van der Waals surface area contributed by atoms with E-state index in [1.165, 1.54) is 12.4 Å². The molecule has 8 heteroatoms. The molecular weight excluding hydrogens is 322 g/mol. The summed E-state index contributed by atoms with van der Waals surface area (Å²) < 4.78 is 5.63. The molecule has 3 rings (SSSR count). The van der Waals surface area contributed by atoms with Gasteiger partial charge in [0, 0.05) is 37.6 Å². The molecule has 1 aliphatic rings. The molecule has 1 aliphatic heterocycles. The summed E-state index contributed by atoms with van der Waals surface area (Å²) in [6.45, 7) is 2.13. The average molecular weight is 341 g/mol. The number of hydrogen-bond acceptors (Lipinski definition) is 6. The van der Waals surface area contributed by atoms with Crippen LogP contribution in [-0.4, -0.2) is 58.0 Å². The van der Waals surface area contributed by atoms with Gasteiger partial charge in [-0.2, -0.15) is 0 Å². The molecule has 0 unspecified atom stereocenters. The van der Waals surface area contributed by atoms with Crippen LogP contribution < -0.4 is 5.73 Å². The van der Waals surface area contributed by atoms with E-state index in [1.54, 1.807) is 29.4 Å². The molecule has 0 aromatic carbocycles. The van der Waals surface area contributed by atoms with Crippen LogP contribution >= 0.6 is 0 Å². The summed E-state index contributed by atoms with van der Waals surface area (Å²) in [6.07, 6.45) is 6.71. The standard InChI is InChI=1S/C17H19N5O3/c18-16(23)15-9-20-14(8-21-15)6-12-10-22(4-5-25-11-12)17(24)13-2-1-3-19-7-13/h1-3,7-9,12H,4-6,10-11H2,(H2,18,23)/t12-/m1/s1. The summed E-state index contributed by atoms with van der Waals surface area (Å²) in [5.41, 5.74) is 6.59. The van der Waals surface area contributed by atoms with Crippen LogP contribution in [0.5, 0.6) is 0 Å². The zero-order valence-electron chi connectivity index (χ0n) is 13.7. The largest absolute Gasteiger partial charge is 0.379 e. The van der Waals surface area contributed by atoms with E-state index in [4.69, 9.17) is 10.5 Å². The first kappa shape index (κ1) is 17.0. The Morgan fingerprint density at radius 1 is 1.28 bits per heavy atom. The highest BCUT2D eigenvalue weighted by molar-refractivity contribution is 5.93. The van der Waals surface area contributed by atoms with E-state index >= 15 is 0 Å². The number of aromatic nitrogens is 3. The molecule has 0 bridgehead atoms. The van der Waals surface area contributed by atoms with Gasteiger partial charge in [0.05, 0.1) is 30.7 Å². The Hall–Kier alpha value is -2.87. The van der Waals surface area contributed by atoms with Crippen molar-refractivity contribution in [2.45, 2.75) is 6.42 Å². The van der Waals surface area contributed by atoms with Crippen LogP contribution in [0.4, 0.5) is 0 Å². The molecule has 1 fully saturated rings. The van der Waals surface area contributed by atoms with Gasteiger partial charge in [0.1, 0.15) is 5.69 Å². The molecule has 0 aliphatic carbocycles. The van der Waals surface area contributed by atoms with Gasteiger partial charge in [-0.05, 0) is 18.6 Å². The number of primary amides is 1. The van der Waals surface area contributed by atoms with Gasteiger partial charge in [-0.25, -0.2) is 4.98 Å². The number of nitrogens with two attached hydrogens (primary N) is 1. The summed E-state index contributed by atoms with van der Waals surface area (Å²) in [5, 5.41) is 0. The Balaban J connectivity index is 1.67. The predicted molar refractivity (Wildman–Crippen MR) is 88.7 cm³/mol. The molecule has 0 saturated carbocycles. The maximum Gasteiger partial charge on any atom is 0.268 e. The number of hydrogen-bond donors (Lipinski definition) is 1. The van der Waals surface area contributed by atoms with Crippen molar-refractivity contribution in [3.8, 4) is 0 Å². The van der Waals surface area contributed by atoms with Crippen molar-refractivity contribution in [2.75, 3.05) is 26.3 Å². The molecule has 3 heterocycles. The Morgan fingerprint density at radius 2 is 2.16 bits per heavy atom. The minimum atomic E-state index is -0.606. The quantitative estimate of drug-likeness (QED) is 0.856. The Bertz CT molecular complexity index is 736. The van der Waals surface area contributed by atoms with Gasteiger partial charge < -0.3 is 15.4 Å². The van der Waals surface area contributed by atoms with E-state index in [9.17, 15) is 9.59 Å². The molecule has 2 N–H and O–H groups in total. The monoisotopic (exact) mass is 341 g/mol. The van der Waals surface area contributed by atoms with Crippen LogP contribution in [0, 0.1) is 5.92 Å². The fraction of sp³-hybridized carbons (Fsp3) is 0.353. The van der Waals surface area contributed by atoms with Gasteiger partial charge in [-0.15, -0.1) is 0 Å². The third-order valence-electron chi connectivity index (χ3n) is 3.99. The lowest BCUT2D eigenvalue weighted by atomic mass is 10.0. The van der Waals surface area contributed by atoms with E-state index in [0.29, 0.717) is 38.3 Å². The Labute approximate surface area is 145 Å². The molecule has 2 aromatic heterocycles. The van der Waals surface area contributed by atoms with Gasteiger partial charge in [-0.1, -0.05) is 0 Å². The third kappa shape index (κ3) is 4.36. The van der Waals surface area contributed by atoms with E-state index in [1.807, 2.05) is 0 Å². The first-order chi connectivity index (χ1) is 12.1. The highest BCUT2D eigenvalue weighted by Crippen LogP contribution is 2.14. The minimum absolute atomic E-state index is 0.0567. The summed E-state index contributed by atoms with van der Waals surface area (Å²) in [6, 6.07) is 3.50. The van der Waals surface area contributed by atoms with E-state index in [2.05, 4.69) is 15.0 Å². The number of carbonyl (C=O) groups is 2. The fourth-order valence-electron chi connectivity index (χ4n) is 2.74. The lowest BCUT2D eigenvalue weighted by molar-refractivity contribution is 0.0736. The van der Waals surface area contributed by atoms with E-state index < -0.39 is 5.91 Å². The van der Waals surface area contributed by atoms with Crippen LogP contribution in [0.1, 0.15) is 26.5 Å². The first-order valence-electron chi connectivity index (χ1n) is 8.01. The second kappa shape index (κ2) is 7.80. The number of rotatable bonds is 4. The average Bonchev–Trinajstić information content (AvgIpc) is 2.88. The summed E-state index contributed by atoms with van der Waals surface area (Å²) >= 11 is 0. The van der Waals surface area contributed by atoms with Crippen molar-refractivity contribution < 1.29 is 14.3 Å². The topological polar surface area (TPSA) is 111 Å². The van der Waals surface area contributed by atoms with Crippen LogP contribution in [0.15, 0.2) is 36.9 Å². The van der Waals surface area contributed by atoms with Crippen LogP contribution in [0.2, 0.25) is 0 Å². The number of carbonyl (C=O) groups excluding carboxylic acids is 2. The van der Waals surface area contributed by atoms with Crippen molar-refractivity contribution >= 4 is 11.8 Å². The van der Waals surface area contributed by atoms with Gasteiger partial charge in [0.2, 0.25) is 0 Å². The van der Waals surface area contributed by atoms with Crippen molar-refractivity contribution in [3.05, 3.63) is 53.9 Å². The second-order valence-electron chi connectivity index (χ2n) is 5.90. The van der Waals surface area contributed by atoms with Gasteiger partial charge in [-0.3, -0.25) is 19.6 Å². The van der Waals surface area contributed by atoms with Crippen molar-refractivity contribution in [1.29, 1.82) is 0 Å². The van der Waals surface area contributed by atoms with Crippen molar-refractivity contribution in [2.24, 2.45) is 11.7 Å². The number of nitrogens with zero attached hydrogens (tertiary/aromatic N) is 4. The van der Waals surface area contributed by atoms with Crippen molar-refractivity contribution in [1.82, 2.24) is 19.9 Å². The first-order valence-corrected chi connectivity index (χ1v) is 8.01. The van der Waals surface area contributed by atoms with Gasteiger partial charge >= 0.3 is 0 Å². The molecule has 25 heavy (non-hydrogen) atoms. The van der Waals surface area contributed by atoms with Crippen LogP contribution in [-0.2, 0) is 11.2 Å². The molecular formula is C17H19N5O3. The number of pyridine rings is 1. The van der Waals surface area contributed by atoms with Gasteiger partial charge in [0.15, 0.2) is 0 Å². The second-order valence-corrected chi connectivity index (χ2v) is 5.90. The summed E-state index contributed by atoms with van der Waals surface area (Å²) in [5.74, 6) is -0.569. The van der Waals surface area contributed by atoms with Crippen LogP contribution in [0.25, 0.3) is 0 Å². The highest BCUT2D eigenvalue weighted by Gasteiger charge is 2.24. The third-order valence-corrected chi connectivity index (χ3v) is 3.99. The maximum absolute atomic E-state index is 12.6. The fourth-order valence-corrected chi connectivity index (χ4v) is 2.74. The minimum Gasteiger partial charge on any atom is -0.379 e. The van der Waals surface area contributed by atoms with Gasteiger partial charge in [0.25, 0.3) is 11.8 Å². The smallest absolute Gasteiger partial charge is 0.268 e. The van der Waals surface area contributed by atoms with Crippen molar-refractivity contribution in [3.63, 3.8) is 0 Å². The SMILES string of the molecule is NC(=O)c1cnc(C[C@H]2COCCN(C(=O)c3cccnc3)C2)cn1. The Morgan fingerprint density at radius 3 is 2.84 bits per heavy atom. The zero-order chi connectivity index (χ0) is 17.6. The van der Waals surface area contributed by atoms with E-state index in [-0.39, 0.29) is 17.5 Å². The lowest BCUT2D eigenvalue weighted by Gasteiger charge is -2.23. The zero-order valence-corrected chi connectivity index (χ0v) is 13.7. The van der Waals surface area contributed by atoms with Crippen LogP contribution in [0.3, 0.4) is 0 Å². The Kier molecular flexibility index (Phi) is 5.30. The summed E-state index contributed by atoms with van der Waals surface area (Å²) in [7, 11) is 0. The number of ether oxygens (including phenoxy) is 1. The molecule has 0 radical (unpaired) electrons. The van der Waals surface area contributed by atoms with E-state index in [0.717, 1.165) is 5.69 Å². The number of amides is 2. The molecule has 2 amide bonds. The molecule has 8 nitrogen and oxygen atoms in total. The molecule has 2 aromatic rings. The molecule has 130 valence electrons. The molecule has 1 atom stereocenters. The molecule has 1 saturated heterocycles. The summed E-state index contributed by atoms with van der Waals surface area (Å²) in [4.78, 5) is 37.7. The normalized spacial score (nSPS) is 17.8. The molecule has 0 spiro atoms. The lowest BCUT2D eigenvalue weighted by Crippen LogP contribution is -2.36.